The summed E-state index contributed by atoms with van der Waals surface area (Å²) in [5, 5.41) is 14.6. The first-order chi connectivity index (χ1) is 12.7. The summed E-state index contributed by atoms with van der Waals surface area (Å²) < 4.78 is 2.85. The Labute approximate surface area is 172 Å². The molecule has 0 fully saturated rings. The van der Waals surface area contributed by atoms with Crippen molar-refractivity contribution in [1.29, 1.82) is 0 Å². The number of hydrogen-bond acceptors (Lipinski definition) is 7. The number of rotatable bonds is 9. The Kier molecular flexibility index (Phi) is 7.23. The Morgan fingerprint density at radius 1 is 1.35 bits per heavy atom. The molecular formula is C16H18BrN5OS3. The number of hydrogen-bond donors (Lipinski definition) is 0. The van der Waals surface area contributed by atoms with Crippen LogP contribution in [-0.2, 0) is 24.3 Å². The molecule has 0 saturated carbocycles. The van der Waals surface area contributed by atoms with Gasteiger partial charge in [-0.3, -0.25) is 4.79 Å². The van der Waals surface area contributed by atoms with Crippen LogP contribution < -0.4 is 0 Å². The highest BCUT2D eigenvalue weighted by atomic mass is 79.9. The smallest absolute Gasteiger partial charge is 0.233 e. The van der Waals surface area contributed by atoms with E-state index in [0.717, 1.165) is 15.1 Å². The minimum absolute atomic E-state index is 0.0924. The largest absolute Gasteiger partial charge is 0.337 e. The molecule has 1 amide bonds. The third-order valence-corrected chi connectivity index (χ3v) is 7.17. The van der Waals surface area contributed by atoms with Crippen molar-refractivity contribution in [1.82, 2.24) is 25.1 Å². The predicted octanol–water partition coefficient (Wildman–Crippen LogP) is 3.94. The van der Waals surface area contributed by atoms with E-state index >= 15 is 0 Å². The van der Waals surface area contributed by atoms with Crippen molar-refractivity contribution >= 4 is 56.3 Å². The van der Waals surface area contributed by atoms with Gasteiger partial charge in [0.2, 0.25) is 11.1 Å². The Morgan fingerprint density at radius 2 is 2.23 bits per heavy atom. The van der Waals surface area contributed by atoms with E-state index in [0.29, 0.717) is 30.5 Å². The molecule has 10 heteroatoms. The molecular weight excluding hydrogens is 454 g/mol. The van der Waals surface area contributed by atoms with Gasteiger partial charge in [0.15, 0.2) is 0 Å². The summed E-state index contributed by atoms with van der Waals surface area (Å²) >= 11 is 8.23. The lowest BCUT2D eigenvalue weighted by Gasteiger charge is -2.19. The van der Waals surface area contributed by atoms with Crippen molar-refractivity contribution in [2.45, 2.75) is 31.6 Å². The molecule has 0 bridgehead atoms. The van der Waals surface area contributed by atoms with E-state index in [9.17, 15) is 4.79 Å². The minimum Gasteiger partial charge on any atom is -0.337 e. The van der Waals surface area contributed by atoms with Crippen LogP contribution in [-0.4, -0.2) is 43.3 Å². The fraction of sp³-hybridized carbons (Fsp3) is 0.375. The SMILES string of the molecule is CCN(Cc1ccc(Br)s1)C(=O)CSc1nnnn1CCc1cccs1. The number of thiophene rings is 2. The van der Waals surface area contributed by atoms with Crippen LogP contribution in [0.5, 0.6) is 0 Å². The lowest BCUT2D eigenvalue weighted by atomic mass is 10.3. The summed E-state index contributed by atoms with van der Waals surface area (Å²) in [5.74, 6) is 0.426. The molecule has 0 saturated heterocycles. The maximum Gasteiger partial charge on any atom is 0.233 e. The molecule has 0 aliphatic carbocycles. The Bertz CT molecular complexity index is 833. The van der Waals surface area contributed by atoms with E-state index < -0.39 is 0 Å². The zero-order chi connectivity index (χ0) is 18.4. The van der Waals surface area contributed by atoms with E-state index in [1.807, 2.05) is 30.0 Å². The molecule has 0 aliphatic rings. The molecule has 0 spiro atoms. The summed E-state index contributed by atoms with van der Waals surface area (Å²) in [5.41, 5.74) is 0. The second-order valence-corrected chi connectivity index (χ2v) is 9.94. The second-order valence-electron chi connectivity index (χ2n) is 5.42. The van der Waals surface area contributed by atoms with Gasteiger partial charge in [0.05, 0.1) is 22.6 Å². The molecule has 0 radical (unpaired) electrons. The fourth-order valence-corrected chi connectivity index (χ4v) is 5.33. The Hall–Kier alpha value is -1.23. The van der Waals surface area contributed by atoms with Crippen LogP contribution >= 0.6 is 50.4 Å². The summed E-state index contributed by atoms with van der Waals surface area (Å²) in [7, 11) is 0. The topological polar surface area (TPSA) is 63.9 Å². The first kappa shape index (κ1) is 19.5. The van der Waals surface area contributed by atoms with Gasteiger partial charge in [0.1, 0.15) is 0 Å². The molecule has 3 aromatic heterocycles. The summed E-state index contributed by atoms with van der Waals surface area (Å²) in [4.78, 5) is 16.9. The number of nitrogens with zero attached hydrogens (tertiary/aromatic N) is 5. The van der Waals surface area contributed by atoms with E-state index in [4.69, 9.17) is 0 Å². The Morgan fingerprint density at radius 3 is 2.92 bits per heavy atom. The highest BCUT2D eigenvalue weighted by molar-refractivity contribution is 9.11. The molecule has 6 nitrogen and oxygen atoms in total. The van der Waals surface area contributed by atoms with Gasteiger partial charge in [-0.1, -0.05) is 17.8 Å². The van der Waals surface area contributed by atoms with Gasteiger partial charge in [-0.05, 0) is 56.9 Å². The number of amides is 1. The van der Waals surface area contributed by atoms with Gasteiger partial charge < -0.3 is 4.90 Å². The van der Waals surface area contributed by atoms with Crippen molar-refractivity contribution in [3.05, 3.63) is 43.2 Å². The lowest BCUT2D eigenvalue weighted by Crippen LogP contribution is -2.31. The number of aromatic nitrogens is 4. The maximum atomic E-state index is 12.6. The molecule has 0 atom stereocenters. The second kappa shape index (κ2) is 9.63. The minimum atomic E-state index is 0.0924. The molecule has 138 valence electrons. The number of carbonyl (C=O) groups is 1. The van der Waals surface area contributed by atoms with E-state index in [1.165, 1.54) is 16.6 Å². The predicted molar refractivity (Wildman–Crippen MR) is 110 cm³/mol. The zero-order valence-corrected chi connectivity index (χ0v) is 18.2. The van der Waals surface area contributed by atoms with Crippen molar-refractivity contribution in [3.8, 4) is 0 Å². The van der Waals surface area contributed by atoms with Gasteiger partial charge in [-0.2, -0.15) is 0 Å². The van der Waals surface area contributed by atoms with Crippen LogP contribution in [0.1, 0.15) is 16.7 Å². The van der Waals surface area contributed by atoms with Gasteiger partial charge in [0.25, 0.3) is 0 Å². The van der Waals surface area contributed by atoms with Crippen LogP contribution in [0.25, 0.3) is 0 Å². The van der Waals surface area contributed by atoms with E-state index in [1.54, 1.807) is 27.4 Å². The standard InChI is InChI=1S/C16H18BrN5OS3/c1-2-21(10-13-5-6-14(17)26-13)15(23)11-25-16-18-19-20-22(16)8-7-12-4-3-9-24-12/h3-6,9H,2,7-8,10-11H2,1H3. The quantitative estimate of drug-likeness (QED) is 0.442. The Balaban J connectivity index is 1.52. The molecule has 0 aliphatic heterocycles. The molecule has 3 heterocycles. The number of thioether (sulfide) groups is 1. The zero-order valence-electron chi connectivity index (χ0n) is 14.2. The van der Waals surface area contributed by atoms with E-state index in [2.05, 4.69) is 42.9 Å². The van der Waals surface area contributed by atoms with Crippen molar-refractivity contribution in [2.75, 3.05) is 12.3 Å². The van der Waals surface area contributed by atoms with Gasteiger partial charge in [-0.15, -0.1) is 27.8 Å². The van der Waals surface area contributed by atoms with Crippen LogP contribution in [0.2, 0.25) is 0 Å². The van der Waals surface area contributed by atoms with Crippen LogP contribution in [0, 0.1) is 0 Å². The molecule has 3 rings (SSSR count). The third kappa shape index (κ3) is 5.38. The summed E-state index contributed by atoms with van der Waals surface area (Å²) in [6.45, 7) is 4.02. The summed E-state index contributed by atoms with van der Waals surface area (Å²) in [6.07, 6.45) is 0.887. The normalized spacial score (nSPS) is 11.0. The third-order valence-electron chi connectivity index (χ3n) is 3.68. The molecule has 3 aromatic rings. The van der Waals surface area contributed by atoms with Crippen LogP contribution in [0.3, 0.4) is 0 Å². The van der Waals surface area contributed by atoms with Gasteiger partial charge in [0, 0.05) is 22.7 Å². The molecule has 0 N–H and O–H groups in total. The first-order valence-corrected chi connectivity index (χ1v) is 11.6. The van der Waals surface area contributed by atoms with Crippen molar-refractivity contribution in [3.63, 3.8) is 0 Å². The highest BCUT2D eigenvalue weighted by Crippen LogP contribution is 2.24. The van der Waals surface area contributed by atoms with Gasteiger partial charge in [-0.25, -0.2) is 4.68 Å². The van der Waals surface area contributed by atoms with Crippen LogP contribution in [0.15, 0.2) is 38.6 Å². The first-order valence-electron chi connectivity index (χ1n) is 8.09. The monoisotopic (exact) mass is 471 g/mol. The maximum absolute atomic E-state index is 12.6. The molecule has 0 aromatic carbocycles. The highest BCUT2D eigenvalue weighted by Gasteiger charge is 2.16. The number of carbonyl (C=O) groups excluding carboxylic acids is 1. The van der Waals surface area contributed by atoms with Crippen molar-refractivity contribution < 1.29 is 4.79 Å². The van der Waals surface area contributed by atoms with Gasteiger partial charge >= 0.3 is 0 Å². The summed E-state index contributed by atoms with van der Waals surface area (Å²) in [6, 6.07) is 8.20. The number of tetrazole rings is 1. The van der Waals surface area contributed by atoms with E-state index in [-0.39, 0.29) is 5.91 Å². The molecule has 0 unspecified atom stereocenters. The average Bonchev–Trinajstić information content (AvgIpc) is 3.38. The lowest BCUT2D eigenvalue weighted by molar-refractivity contribution is -0.128. The number of halogens is 1. The fourth-order valence-electron chi connectivity index (χ4n) is 2.33. The average molecular weight is 472 g/mol. The van der Waals surface area contributed by atoms with Crippen molar-refractivity contribution in [2.24, 2.45) is 0 Å². The number of aryl methyl sites for hydroxylation is 2. The van der Waals surface area contributed by atoms with Crippen LogP contribution in [0.4, 0.5) is 0 Å². The molecule has 26 heavy (non-hydrogen) atoms.